The van der Waals surface area contributed by atoms with Crippen molar-refractivity contribution in [1.29, 1.82) is 0 Å². The average Bonchev–Trinajstić information content (AvgIpc) is 3.51. The van der Waals surface area contributed by atoms with Crippen molar-refractivity contribution in [2.24, 2.45) is 0 Å². The highest BCUT2D eigenvalue weighted by atomic mass is 16.3. The predicted molar refractivity (Wildman–Crippen MR) is 171 cm³/mol. The first-order valence-corrected chi connectivity index (χ1v) is 14.2. The molecule has 0 atom stereocenters. The van der Waals surface area contributed by atoms with Gasteiger partial charge in [-0.1, -0.05) is 117 Å². The van der Waals surface area contributed by atoms with Gasteiger partial charge in [-0.05, 0) is 69.8 Å². The number of rotatable bonds is 4. The van der Waals surface area contributed by atoms with Crippen LogP contribution in [0.3, 0.4) is 0 Å². The van der Waals surface area contributed by atoms with Gasteiger partial charge < -0.3 is 9.32 Å². The summed E-state index contributed by atoms with van der Waals surface area (Å²) in [5.41, 5.74) is 12.7. The topological polar surface area (TPSA) is 16.4 Å². The molecule has 0 radical (unpaired) electrons. The molecule has 0 spiro atoms. The van der Waals surface area contributed by atoms with E-state index in [1.165, 1.54) is 33.4 Å². The van der Waals surface area contributed by atoms with Crippen molar-refractivity contribution in [1.82, 2.24) is 0 Å². The number of anilines is 3. The molecular weight excluding hydrogens is 498 g/mol. The van der Waals surface area contributed by atoms with Gasteiger partial charge in [-0.2, -0.15) is 0 Å². The van der Waals surface area contributed by atoms with Gasteiger partial charge in [0.15, 0.2) is 5.58 Å². The molecule has 1 aromatic heterocycles. The van der Waals surface area contributed by atoms with Crippen molar-refractivity contribution in [2.45, 2.75) is 19.3 Å². The van der Waals surface area contributed by atoms with Crippen LogP contribution in [0.25, 0.3) is 44.2 Å². The van der Waals surface area contributed by atoms with Crippen molar-refractivity contribution in [3.63, 3.8) is 0 Å². The molecule has 41 heavy (non-hydrogen) atoms. The van der Waals surface area contributed by atoms with Crippen LogP contribution in [0.15, 0.2) is 144 Å². The summed E-state index contributed by atoms with van der Waals surface area (Å²) < 4.78 is 6.54. The van der Waals surface area contributed by atoms with E-state index in [4.69, 9.17) is 4.42 Å². The van der Waals surface area contributed by atoms with Crippen LogP contribution in [-0.4, -0.2) is 0 Å². The number of hydrogen-bond donors (Lipinski definition) is 0. The smallest absolute Gasteiger partial charge is 0.159 e. The largest absolute Gasteiger partial charge is 0.454 e. The molecule has 2 heteroatoms. The van der Waals surface area contributed by atoms with E-state index in [2.05, 4.69) is 146 Å². The molecule has 0 saturated carbocycles. The Morgan fingerprint density at radius 2 is 1.17 bits per heavy atom. The minimum atomic E-state index is -0.0872. The van der Waals surface area contributed by atoms with E-state index in [0.717, 1.165) is 39.0 Å². The summed E-state index contributed by atoms with van der Waals surface area (Å²) in [7, 11) is 0. The lowest BCUT2D eigenvalue weighted by molar-refractivity contribution is 0.660. The molecule has 1 aliphatic carbocycles. The summed E-state index contributed by atoms with van der Waals surface area (Å²) in [6.45, 7) is 4.67. The molecule has 1 heterocycles. The summed E-state index contributed by atoms with van der Waals surface area (Å²) in [6.07, 6.45) is 0. The van der Waals surface area contributed by atoms with Crippen LogP contribution in [0.1, 0.15) is 25.0 Å². The minimum absolute atomic E-state index is 0.0872. The number of furan rings is 1. The molecular formula is C39H29NO. The predicted octanol–water partition coefficient (Wildman–Crippen LogP) is 11.0. The number of para-hydroxylation sites is 2. The highest BCUT2D eigenvalue weighted by Gasteiger charge is 2.35. The van der Waals surface area contributed by atoms with Crippen LogP contribution in [0.5, 0.6) is 0 Å². The van der Waals surface area contributed by atoms with E-state index >= 15 is 0 Å². The summed E-state index contributed by atoms with van der Waals surface area (Å²) in [6, 6.07) is 49.9. The average molecular weight is 528 g/mol. The van der Waals surface area contributed by atoms with Crippen molar-refractivity contribution in [3.8, 4) is 22.3 Å². The normalized spacial score (nSPS) is 13.3. The lowest BCUT2D eigenvalue weighted by Gasteiger charge is -2.28. The number of fused-ring (bicyclic) bond motifs is 6. The van der Waals surface area contributed by atoms with Crippen molar-refractivity contribution >= 4 is 39.0 Å². The zero-order valence-corrected chi connectivity index (χ0v) is 23.1. The SMILES string of the molecule is CC1(C)c2ccccc2-c2ccc(N(c3ccc(-c4ccccc4)cc3)c3cccc4c3oc3ccccc34)cc21. The van der Waals surface area contributed by atoms with E-state index in [1.54, 1.807) is 0 Å². The standard InChI is InChI=1S/C39H29NO/c1-39(2)34-16-8-6-13-30(34)31-24-23-29(25-35(31)39)40(28-21-19-27(20-22-28)26-11-4-3-5-12-26)36-17-10-15-33-32-14-7-9-18-37(32)41-38(33)36/h3-25H,1-2H3. The van der Waals surface area contributed by atoms with Crippen LogP contribution in [0.2, 0.25) is 0 Å². The molecule has 0 saturated heterocycles. The second-order valence-electron chi connectivity index (χ2n) is 11.4. The van der Waals surface area contributed by atoms with Crippen molar-refractivity contribution in [3.05, 3.63) is 151 Å². The monoisotopic (exact) mass is 527 g/mol. The maximum atomic E-state index is 6.54. The summed E-state index contributed by atoms with van der Waals surface area (Å²) >= 11 is 0. The van der Waals surface area contributed by atoms with Gasteiger partial charge in [-0.15, -0.1) is 0 Å². The Morgan fingerprint density at radius 3 is 2.02 bits per heavy atom. The molecule has 6 aromatic carbocycles. The van der Waals surface area contributed by atoms with E-state index in [1.807, 2.05) is 12.1 Å². The molecule has 0 fully saturated rings. The second kappa shape index (κ2) is 8.97. The maximum absolute atomic E-state index is 6.54. The lowest BCUT2D eigenvalue weighted by atomic mass is 9.82. The van der Waals surface area contributed by atoms with Gasteiger partial charge >= 0.3 is 0 Å². The third kappa shape index (κ3) is 3.64. The van der Waals surface area contributed by atoms with Crippen LogP contribution in [-0.2, 0) is 5.41 Å². The van der Waals surface area contributed by atoms with Gasteiger partial charge in [0.2, 0.25) is 0 Å². The van der Waals surface area contributed by atoms with Crippen molar-refractivity contribution in [2.75, 3.05) is 4.90 Å². The zero-order valence-electron chi connectivity index (χ0n) is 23.1. The molecule has 196 valence electrons. The Kier molecular flexibility index (Phi) is 5.20. The molecule has 8 rings (SSSR count). The Bertz CT molecular complexity index is 2070. The molecule has 0 aliphatic heterocycles. The molecule has 0 amide bonds. The Hall–Kier alpha value is -5.08. The van der Waals surface area contributed by atoms with Gasteiger partial charge in [0.05, 0.1) is 5.69 Å². The fourth-order valence-electron chi connectivity index (χ4n) is 6.60. The zero-order chi connectivity index (χ0) is 27.6. The second-order valence-corrected chi connectivity index (χ2v) is 11.4. The molecule has 0 unspecified atom stereocenters. The van der Waals surface area contributed by atoms with Gasteiger partial charge in [-0.3, -0.25) is 0 Å². The highest BCUT2D eigenvalue weighted by molar-refractivity contribution is 6.10. The molecule has 2 nitrogen and oxygen atoms in total. The lowest BCUT2D eigenvalue weighted by Crippen LogP contribution is -2.16. The highest BCUT2D eigenvalue weighted by Crippen LogP contribution is 2.51. The van der Waals surface area contributed by atoms with E-state index < -0.39 is 0 Å². The van der Waals surface area contributed by atoms with E-state index in [-0.39, 0.29) is 5.41 Å². The quantitative estimate of drug-likeness (QED) is 0.226. The van der Waals surface area contributed by atoms with Crippen LogP contribution in [0.4, 0.5) is 17.1 Å². The first-order chi connectivity index (χ1) is 20.1. The number of hydrogen-bond acceptors (Lipinski definition) is 2. The summed E-state index contributed by atoms with van der Waals surface area (Å²) in [4.78, 5) is 2.35. The Labute approximate surface area is 240 Å². The number of benzene rings is 6. The van der Waals surface area contributed by atoms with E-state index in [0.29, 0.717) is 0 Å². The first kappa shape index (κ1) is 23.8. The molecule has 1 aliphatic rings. The summed E-state index contributed by atoms with van der Waals surface area (Å²) in [5.74, 6) is 0. The van der Waals surface area contributed by atoms with Gasteiger partial charge in [0.25, 0.3) is 0 Å². The molecule has 0 N–H and O–H groups in total. The Balaban J connectivity index is 1.34. The van der Waals surface area contributed by atoms with E-state index in [9.17, 15) is 0 Å². The van der Waals surface area contributed by atoms with Crippen LogP contribution in [0, 0.1) is 0 Å². The fourth-order valence-corrected chi connectivity index (χ4v) is 6.60. The summed E-state index contributed by atoms with van der Waals surface area (Å²) in [5, 5.41) is 2.26. The molecule has 7 aromatic rings. The van der Waals surface area contributed by atoms with Crippen LogP contribution < -0.4 is 4.90 Å². The van der Waals surface area contributed by atoms with Gasteiger partial charge in [0, 0.05) is 27.6 Å². The fraction of sp³-hybridized carbons (Fsp3) is 0.0769. The maximum Gasteiger partial charge on any atom is 0.159 e. The van der Waals surface area contributed by atoms with Gasteiger partial charge in [0.1, 0.15) is 5.58 Å². The van der Waals surface area contributed by atoms with Crippen molar-refractivity contribution < 1.29 is 4.42 Å². The number of nitrogens with zero attached hydrogens (tertiary/aromatic N) is 1. The van der Waals surface area contributed by atoms with Gasteiger partial charge in [-0.25, -0.2) is 0 Å². The molecule has 0 bridgehead atoms. The third-order valence-corrected chi connectivity index (χ3v) is 8.68. The third-order valence-electron chi connectivity index (χ3n) is 8.68. The van der Waals surface area contributed by atoms with Crippen LogP contribution >= 0.6 is 0 Å². The Morgan fingerprint density at radius 1 is 0.512 bits per heavy atom. The minimum Gasteiger partial charge on any atom is -0.454 e. The first-order valence-electron chi connectivity index (χ1n) is 14.2.